The van der Waals surface area contributed by atoms with Gasteiger partial charge in [0.05, 0.1) is 5.60 Å². The first-order valence-corrected chi connectivity index (χ1v) is 4.40. The smallest absolute Gasteiger partial charge is 0.259 e. The van der Waals surface area contributed by atoms with Gasteiger partial charge in [-0.05, 0) is 20.8 Å². The highest BCUT2D eigenvalue weighted by Gasteiger charge is 2.32. The number of rotatable bonds is 2. The summed E-state index contributed by atoms with van der Waals surface area (Å²) in [4.78, 5) is 11.3. The number of carbonyl (C=O) groups is 1. The molecule has 2 nitrogen and oxygen atoms in total. The third-order valence-corrected chi connectivity index (χ3v) is 1.40. The molecule has 0 radical (unpaired) electrons. The monoisotopic (exact) mass is 190 g/mol. The van der Waals surface area contributed by atoms with E-state index in [1.54, 1.807) is 41.5 Å². The highest BCUT2D eigenvalue weighted by molar-refractivity contribution is 5.86. The quantitative estimate of drug-likeness (QED) is 0.669. The van der Waals surface area contributed by atoms with Crippen LogP contribution in [0, 0.1) is 5.41 Å². The van der Waals surface area contributed by atoms with Crippen LogP contribution in [0.3, 0.4) is 0 Å². The van der Waals surface area contributed by atoms with Crippen LogP contribution in [0.1, 0.15) is 41.5 Å². The Morgan fingerprint density at radius 3 is 1.77 bits per heavy atom. The van der Waals surface area contributed by atoms with Crippen LogP contribution >= 0.6 is 0 Å². The Labute approximate surface area is 79.5 Å². The number of Topliss-reactive ketones (excluding diaryl/α,β-unsaturated/α-hetero) is 1. The predicted molar refractivity (Wildman–Crippen MR) is 50.2 cm³/mol. The minimum absolute atomic E-state index is 0.512. The molecule has 13 heavy (non-hydrogen) atoms. The maximum Gasteiger partial charge on any atom is 0.259 e. The topological polar surface area (TPSA) is 26.3 Å². The Morgan fingerprint density at radius 2 is 1.54 bits per heavy atom. The first kappa shape index (κ1) is 12.6. The van der Waals surface area contributed by atoms with Gasteiger partial charge in [0.1, 0.15) is 0 Å². The van der Waals surface area contributed by atoms with Crippen LogP contribution in [-0.2, 0) is 9.53 Å². The maximum atomic E-state index is 13.2. The van der Waals surface area contributed by atoms with E-state index < -0.39 is 23.2 Å². The molecule has 0 aliphatic carbocycles. The highest BCUT2D eigenvalue weighted by atomic mass is 19.1. The van der Waals surface area contributed by atoms with Crippen LogP contribution < -0.4 is 0 Å². The lowest BCUT2D eigenvalue weighted by molar-refractivity contribution is -0.167. The lowest BCUT2D eigenvalue weighted by atomic mass is 9.91. The molecule has 0 aromatic carbocycles. The Kier molecular flexibility index (Phi) is 3.62. The van der Waals surface area contributed by atoms with E-state index in [1.165, 1.54) is 0 Å². The minimum atomic E-state index is -1.82. The summed E-state index contributed by atoms with van der Waals surface area (Å²) in [5, 5.41) is 0. The summed E-state index contributed by atoms with van der Waals surface area (Å²) in [6, 6.07) is 0. The van der Waals surface area contributed by atoms with E-state index in [9.17, 15) is 9.18 Å². The Bertz CT molecular complexity index is 186. The van der Waals surface area contributed by atoms with Gasteiger partial charge in [0.2, 0.25) is 0 Å². The molecule has 1 unspecified atom stereocenters. The van der Waals surface area contributed by atoms with E-state index in [0.717, 1.165) is 0 Å². The third-order valence-electron chi connectivity index (χ3n) is 1.40. The maximum absolute atomic E-state index is 13.2. The highest BCUT2D eigenvalue weighted by Crippen LogP contribution is 2.22. The molecule has 0 aromatic rings. The zero-order valence-corrected chi connectivity index (χ0v) is 9.27. The number of alkyl halides is 1. The van der Waals surface area contributed by atoms with Crippen molar-refractivity contribution in [2.75, 3.05) is 0 Å². The Balaban J connectivity index is 4.30. The molecule has 0 heterocycles. The van der Waals surface area contributed by atoms with E-state index in [4.69, 9.17) is 4.74 Å². The number of halogens is 1. The van der Waals surface area contributed by atoms with Crippen molar-refractivity contribution >= 4 is 5.78 Å². The molecule has 1 atom stereocenters. The van der Waals surface area contributed by atoms with Crippen molar-refractivity contribution in [1.29, 1.82) is 0 Å². The van der Waals surface area contributed by atoms with Gasteiger partial charge in [-0.3, -0.25) is 4.79 Å². The molecule has 0 aliphatic rings. The molecule has 0 saturated heterocycles. The molecule has 0 saturated carbocycles. The second kappa shape index (κ2) is 3.74. The molecular formula is C10H19FO2. The molecule has 0 aromatic heterocycles. The SMILES string of the molecule is CC(C)(C)OC(F)C(=O)C(C)(C)C. The van der Waals surface area contributed by atoms with Crippen LogP contribution in [0.15, 0.2) is 0 Å². The summed E-state index contributed by atoms with van der Waals surface area (Å²) in [6.07, 6.45) is -1.82. The number of ketones is 1. The van der Waals surface area contributed by atoms with E-state index in [-0.39, 0.29) is 0 Å². The Hall–Kier alpha value is -0.440. The fraction of sp³-hybridized carbons (Fsp3) is 0.900. The summed E-state index contributed by atoms with van der Waals surface area (Å²) >= 11 is 0. The normalized spacial score (nSPS) is 15.6. The average Bonchev–Trinajstić information content (AvgIpc) is 1.79. The van der Waals surface area contributed by atoms with Gasteiger partial charge in [0, 0.05) is 5.41 Å². The van der Waals surface area contributed by atoms with Gasteiger partial charge >= 0.3 is 0 Å². The van der Waals surface area contributed by atoms with E-state index in [2.05, 4.69) is 0 Å². The lowest BCUT2D eigenvalue weighted by Gasteiger charge is -2.25. The first-order valence-electron chi connectivity index (χ1n) is 4.40. The second-order valence-electron chi connectivity index (χ2n) is 5.16. The van der Waals surface area contributed by atoms with Crippen molar-refractivity contribution in [3.63, 3.8) is 0 Å². The summed E-state index contributed by atoms with van der Waals surface area (Å²) in [5.74, 6) is -0.512. The van der Waals surface area contributed by atoms with Crippen molar-refractivity contribution < 1.29 is 13.9 Å². The molecule has 0 bridgehead atoms. The zero-order chi connectivity index (χ0) is 10.9. The summed E-state index contributed by atoms with van der Waals surface area (Å²) in [5.41, 5.74) is -1.31. The largest absolute Gasteiger partial charge is 0.337 e. The molecule has 0 fully saturated rings. The van der Waals surface area contributed by atoms with Gasteiger partial charge in [0.25, 0.3) is 6.36 Å². The van der Waals surface area contributed by atoms with Crippen molar-refractivity contribution in [3.8, 4) is 0 Å². The fourth-order valence-corrected chi connectivity index (χ4v) is 0.704. The van der Waals surface area contributed by atoms with Crippen LogP contribution in [0.5, 0.6) is 0 Å². The number of hydrogen-bond acceptors (Lipinski definition) is 2. The molecule has 78 valence electrons. The lowest BCUT2D eigenvalue weighted by Crippen LogP contribution is -2.36. The summed E-state index contributed by atoms with van der Waals surface area (Å²) < 4.78 is 18.1. The van der Waals surface area contributed by atoms with E-state index >= 15 is 0 Å². The van der Waals surface area contributed by atoms with Crippen LogP contribution in [0.25, 0.3) is 0 Å². The van der Waals surface area contributed by atoms with Crippen molar-refractivity contribution in [3.05, 3.63) is 0 Å². The van der Waals surface area contributed by atoms with Gasteiger partial charge in [-0.1, -0.05) is 20.8 Å². The molecular weight excluding hydrogens is 171 g/mol. The molecule has 0 amide bonds. The standard InChI is InChI=1S/C10H19FO2/c1-9(2,3)7(12)8(11)13-10(4,5)6/h8H,1-6H3. The number of hydrogen-bond donors (Lipinski definition) is 0. The molecule has 3 heteroatoms. The van der Waals surface area contributed by atoms with Crippen LogP contribution in [-0.4, -0.2) is 17.7 Å². The number of carbonyl (C=O) groups excluding carboxylic acids is 1. The predicted octanol–water partition coefficient (Wildman–Crippen LogP) is 2.71. The Morgan fingerprint density at radius 1 is 1.15 bits per heavy atom. The second-order valence-corrected chi connectivity index (χ2v) is 5.16. The average molecular weight is 190 g/mol. The zero-order valence-electron chi connectivity index (χ0n) is 9.27. The molecule has 0 spiro atoms. The molecule has 0 aliphatic heterocycles. The third kappa shape index (κ3) is 4.98. The van der Waals surface area contributed by atoms with Gasteiger partial charge in [-0.2, -0.15) is 0 Å². The van der Waals surface area contributed by atoms with Gasteiger partial charge < -0.3 is 4.74 Å². The fourth-order valence-electron chi connectivity index (χ4n) is 0.704. The number of ether oxygens (including phenoxy) is 1. The van der Waals surface area contributed by atoms with Gasteiger partial charge in [-0.15, -0.1) is 0 Å². The molecule has 0 rings (SSSR count). The van der Waals surface area contributed by atoms with Crippen LogP contribution in [0.4, 0.5) is 4.39 Å². The molecule has 0 N–H and O–H groups in total. The summed E-state index contributed by atoms with van der Waals surface area (Å²) in [7, 11) is 0. The van der Waals surface area contributed by atoms with Crippen molar-refractivity contribution in [2.45, 2.75) is 53.5 Å². The van der Waals surface area contributed by atoms with Gasteiger partial charge in [0.15, 0.2) is 5.78 Å². The van der Waals surface area contributed by atoms with Gasteiger partial charge in [-0.25, -0.2) is 4.39 Å². The van der Waals surface area contributed by atoms with Crippen molar-refractivity contribution in [2.24, 2.45) is 5.41 Å². The van der Waals surface area contributed by atoms with Crippen molar-refractivity contribution in [1.82, 2.24) is 0 Å². The van der Waals surface area contributed by atoms with Crippen LogP contribution in [0.2, 0.25) is 0 Å². The first-order chi connectivity index (χ1) is 5.54. The minimum Gasteiger partial charge on any atom is -0.337 e. The summed E-state index contributed by atoms with van der Waals surface area (Å²) in [6.45, 7) is 10.2. The van der Waals surface area contributed by atoms with E-state index in [0.29, 0.717) is 0 Å². The van der Waals surface area contributed by atoms with E-state index in [1.807, 2.05) is 0 Å².